The molecule has 0 bridgehead atoms. The van der Waals surface area contributed by atoms with E-state index in [2.05, 4.69) is 22.6 Å². The van der Waals surface area contributed by atoms with Gasteiger partial charge in [-0.3, -0.25) is 4.98 Å². The first kappa shape index (κ1) is 12.6. The van der Waals surface area contributed by atoms with Gasteiger partial charge in [0.05, 0.1) is 23.1 Å². The van der Waals surface area contributed by atoms with Crippen molar-refractivity contribution in [2.45, 2.75) is 30.6 Å². The second-order valence-electron chi connectivity index (χ2n) is 5.12. The molecule has 0 spiro atoms. The Bertz CT molecular complexity index is 585. The zero-order valence-electron chi connectivity index (χ0n) is 11.1. The van der Waals surface area contributed by atoms with E-state index in [-0.39, 0.29) is 0 Å². The third-order valence-electron chi connectivity index (χ3n) is 3.87. The highest BCUT2D eigenvalue weighted by atomic mass is 32.2. The second kappa shape index (κ2) is 5.29. The first-order valence-corrected chi connectivity index (χ1v) is 7.99. The van der Waals surface area contributed by atoms with E-state index in [1.807, 2.05) is 30.0 Å². The Kier molecular flexibility index (Phi) is 3.51. The van der Waals surface area contributed by atoms with Crippen molar-refractivity contribution in [1.29, 1.82) is 0 Å². The monoisotopic (exact) mass is 273 g/mol. The van der Waals surface area contributed by atoms with Crippen LogP contribution in [0.1, 0.15) is 19.3 Å². The van der Waals surface area contributed by atoms with Crippen LogP contribution in [0.4, 0.5) is 11.4 Å². The van der Waals surface area contributed by atoms with Crippen LogP contribution < -0.4 is 11.1 Å². The van der Waals surface area contributed by atoms with Crippen LogP contribution in [0.5, 0.6) is 0 Å². The summed E-state index contributed by atoms with van der Waals surface area (Å²) < 4.78 is 0. The minimum Gasteiger partial charge on any atom is -0.396 e. The molecule has 19 heavy (non-hydrogen) atoms. The van der Waals surface area contributed by atoms with E-state index < -0.39 is 0 Å². The highest BCUT2D eigenvalue weighted by molar-refractivity contribution is 7.99. The van der Waals surface area contributed by atoms with Crippen molar-refractivity contribution in [2.75, 3.05) is 17.3 Å². The minimum atomic E-state index is 0.533. The fraction of sp³-hybridized carbons (Fsp3) is 0.400. The maximum absolute atomic E-state index is 6.10. The van der Waals surface area contributed by atoms with Gasteiger partial charge in [-0.25, -0.2) is 0 Å². The predicted octanol–water partition coefficient (Wildman–Crippen LogP) is 3.51. The van der Waals surface area contributed by atoms with E-state index >= 15 is 0 Å². The zero-order chi connectivity index (χ0) is 13.2. The summed E-state index contributed by atoms with van der Waals surface area (Å²) >= 11 is 1.97. The van der Waals surface area contributed by atoms with Gasteiger partial charge in [0, 0.05) is 16.7 Å². The van der Waals surface area contributed by atoms with Gasteiger partial charge in [-0.05, 0) is 31.6 Å². The summed E-state index contributed by atoms with van der Waals surface area (Å²) in [7, 11) is 0. The third-order valence-corrected chi connectivity index (χ3v) is 4.97. The highest BCUT2D eigenvalue weighted by Crippen LogP contribution is 2.34. The lowest BCUT2D eigenvalue weighted by atomic mass is 10.1. The number of nitrogens with two attached hydrogens (primary N) is 1. The quantitative estimate of drug-likeness (QED) is 0.898. The minimum absolute atomic E-state index is 0.533. The number of aromatic nitrogens is 1. The Hall–Kier alpha value is -1.42. The van der Waals surface area contributed by atoms with E-state index in [1.54, 1.807) is 6.20 Å². The van der Waals surface area contributed by atoms with Gasteiger partial charge in [-0.2, -0.15) is 11.8 Å². The third kappa shape index (κ3) is 2.50. The molecule has 0 saturated heterocycles. The number of para-hydroxylation sites is 1. The van der Waals surface area contributed by atoms with Crippen molar-refractivity contribution < 1.29 is 0 Å². The number of hydrogen-bond acceptors (Lipinski definition) is 4. The van der Waals surface area contributed by atoms with Crippen LogP contribution in [0.2, 0.25) is 0 Å². The van der Waals surface area contributed by atoms with Gasteiger partial charge >= 0.3 is 0 Å². The van der Waals surface area contributed by atoms with Gasteiger partial charge in [-0.15, -0.1) is 0 Å². The molecule has 1 aliphatic carbocycles. The number of hydrogen-bond donors (Lipinski definition) is 2. The van der Waals surface area contributed by atoms with Crippen LogP contribution >= 0.6 is 11.8 Å². The van der Waals surface area contributed by atoms with Gasteiger partial charge in [0.15, 0.2) is 0 Å². The predicted molar refractivity (Wildman–Crippen MR) is 84.7 cm³/mol. The lowest BCUT2D eigenvalue weighted by Crippen LogP contribution is -2.17. The number of fused-ring (bicyclic) bond motifs is 1. The molecule has 3 N–H and O–H groups in total. The van der Waals surface area contributed by atoms with Crippen molar-refractivity contribution in [3.63, 3.8) is 0 Å². The van der Waals surface area contributed by atoms with Crippen molar-refractivity contribution in [3.8, 4) is 0 Å². The number of pyridine rings is 1. The zero-order valence-corrected chi connectivity index (χ0v) is 11.9. The van der Waals surface area contributed by atoms with Crippen LogP contribution in [0.25, 0.3) is 10.9 Å². The first-order valence-electron chi connectivity index (χ1n) is 6.70. The molecule has 0 amide bonds. The summed E-state index contributed by atoms with van der Waals surface area (Å²) in [5.74, 6) is 0. The lowest BCUT2D eigenvalue weighted by Gasteiger charge is -2.17. The van der Waals surface area contributed by atoms with E-state index in [9.17, 15) is 0 Å². The topological polar surface area (TPSA) is 50.9 Å². The van der Waals surface area contributed by atoms with Gasteiger partial charge in [0.2, 0.25) is 0 Å². The Morgan fingerprint density at radius 2 is 2.16 bits per heavy atom. The SMILES string of the molecule is CSC1CCC(Nc2c(N)cnc3ccccc23)C1. The molecule has 0 radical (unpaired) electrons. The molecular weight excluding hydrogens is 254 g/mol. The molecule has 3 nitrogen and oxygen atoms in total. The number of nitrogens with zero attached hydrogens (tertiary/aromatic N) is 1. The van der Waals surface area contributed by atoms with Crippen molar-refractivity contribution >= 4 is 34.0 Å². The molecule has 2 atom stereocenters. The Morgan fingerprint density at radius 1 is 1.32 bits per heavy atom. The summed E-state index contributed by atoms with van der Waals surface area (Å²) in [6, 6.07) is 8.69. The second-order valence-corrected chi connectivity index (χ2v) is 6.26. The summed E-state index contributed by atoms with van der Waals surface area (Å²) in [5, 5.41) is 5.54. The number of nitrogen functional groups attached to an aromatic ring is 1. The molecule has 1 aromatic carbocycles. The van der Waals surface area contributed by atoms with Gasteiger partial charge in [0.25, 0.3) is 0 Å². The van der Waals surface area contributed by atoms with E-state index in [0.29, 0.717) is 6.04 Å². The molecule has 0 aliphatic heterocycles. The first-order chi connectivity index (χ1) is 9.28. The molecule has 100 valence electrons. The number of thioether (sulfide) groups is 1. The Labute approximate surface area is 118 Å². The fourth-order valence-electron chi connectivity index (χ4n) is 2.81. The van der Waals surface area contributed by atoms with Gasteiger partial charge in [-0.1, -0.05) is 18.2 Å². The molecule has 2 aromatic rings. The Morgan fingerprint density at radius 3 is 2.95 bits per heavy atom. The molecule has 1 heterocycles. The standard InChI is InChI=1S/C15H19N3S/c1-19-11-7-6-10(8-11)18-15-12-4-2-3-5-14(12)17-9-13(15)16/h2-5,9-11H,6-8,16H2,1H3,(H,17,18). The number of benzene rings is 1. The average Bonchev–Trinajstić information content (AvgIpc) is 2.90. The van der Waals surface area contributed by atoms with Gasteiger partial charge < -0.3 is 11.1 Å². The van der Waals surface area contributed by atoms with Crippen LogP contribution in [-0.2, 0) is 0 Å². The average molecular weight is 273 g/mol. The summed E-state index contributed by atoms with van der Waals surface area (Å²) in [4.78, 5) is 4.38. The molecule has 1 saturated carbocycles. The van der Waals surface area contributed by atoms with Gasteiger partial charge in [0.1, 0.15) is 0 Å². The molecule has 4 heteroatoms. The molecule has 1 aliphatic rings. The van der Waals surface area contributed by atoms with E-state index in [0.717, 1.165) is 27.5 Å². The molecular formula is C15H19N3S. The number of anilines is 2. The lowest BCUT2D eigenvalue weighted by molar-refractivity contribution is 0.758. The van der Waals surface area contributed by atoms with E-state index in [4.69, 9.17) is 5.73 Å². The van der Waals surface area contributed by atoms with Crippen LogP contribution in [-0.4, -0.2) is 22.5 Å². The highest BCUT2D eigenvalue weighted by Gasteiger charge is 2.24. The summed E-state index contributed by atoms with van der Waals surface area (Å²) in [5.41, 5.74) is 8.90. The summed E-state index contributed by atoms with van der Waals surface area (Å²) in [6.07, 6.45) is 7.69. The summed E-state index contributed by atoms with van der Waals surface area (Å²) in [6.45, 7) is 0. The van der Waals surface area contributed by atoms with Crippen molar-refractivity contribution in [3.05, 3.63) is 30.5 Å². The number of rotatable bonds is 3. The molecule has 1 aromatic heterocycles. The molecule has 2 unspecified atom stereocenters. The maximum atomic E-state index is 6.10. The number of nitrogens with one attached hydrogen (secondary N) is 1. The Balaban J connectivity index is 1.90. The normalized spacial score (nSPS) is 22.8. The maximum Gasteiger partial charge on any atom is 0.0743 e. The smallest absolute Gasteiger partial charge is 0.0743 e. The largest absolute Gasteiger partial charge is 0.396 e. The van der Waals surface area contributed by atoms with E-state index in [1.165, 1.54) is 19.3 Å². The van der Waals surface area contributed by atoms with Crippen molar-refractivity contribution in [2.24, 2.45) is 0 Å². The molecule has 1 fully saturated rings. The van der Waals surface area contributed by atoms with Crippen molar-refractivity contribution in [1.82, 2.24) is 4.98 Å². The van der Waals surface area contributed by atoms with Crippen LogP contribution in [0.15, 0.2) is 30.5 Å². The van der Waals surface area contributed by atoms with Crippen LogP contribution in [0, 0.1) is 0 Å². The van der Waals surface area contributed by atoms with Crippen LogP contribution in [0.3, 0.4) is 0 Å². The molecule has 3 rings (SSSR count). The fourth-order valence-corrected chi connectivity index (χ4v) is 3.60.